The molecule has 1 aromatic heterocycles. The molecule has 3 saturated heterocycles. The molecule has 4 rings (SSSR count). The van der Waals surface area contributed by atoms with Gasteiger partial charge >= 0.3 is 5.69 Å². The van der Waals surface area contributed by atoms with Gasteiger partial charge in [-0.15, -0.1) is 0 Å². The highest BCUT2D eigenvalue weighted by molar-refractivity contribution is 5.87. The van der Waals surface area contributed by atoms with Crippen molar-refractivity contribution in [3.05, 3.63) is 45.3 Å². The van der Waals surface area contributed by atoms with Gasteiger partial charge in [0.1, 0.15) is 54.8 Å². The maximum atomic E-state index is 13.2. The second-order valence-electron chi connectivity index (χ2n) is 16.9. The Morgan fingerprint density at radius 2 is 1.35 bits per heavy atom. The SMILES string of the molecule is CC(=O)N[C@H]1[C@H](O[C@@H]2O[C@H](C[C@@H](C)[C@H]3O[C@@H](n4ccc(=O)[nH]c4=O)[C@H](O)[C@@H]3O)[C@H](O)[C@H](O)[C@H]2NC(=O)/C=C/CCCCCCCCCCCC(C)C)O[C@@H](CO)[C@H](O)[C@@H]1O. The molecule has 0 saturated carbocycles. The zero-order valence-electron chi connectivity index (χ0n) is 35.1. The number of aromatic nitrogens is 2. The van der Waals surface area contributed by atoms with Crippen LogP contribution in [-0.2, 0) is 28.5 Å². The Morgan fingerprint density at radius 1 is 0.783 bits per heavy atom. The molecule has 19 nitrogen and oxygen atoms in total. The Kier molecular flexibility index (Phi) is 19.8. The average molecular weight is 857 g/mol. The Labute approximate surface area is 350 Å². The van der Waals surface area contributed by atoms with Crippen LogP contribution in [0.3, 0.4) is 0 Å². The molecule has 10 N–H and O–H groups in total. The molecule has 2 amide bonds. The molecule has 1 aromatic rings. The first-order valence-corrected chi connectivity index (χ1v) is 21.4. The third-order valence-corrected chi connectivity index (χ3v) is 11.5. The number of allylic oxidation sites excluding steroid dienone is 1. The number of hydrogen-bond donors (Lipinski definition) is 10. The molecule has 0 aromatic carbocycles. The van der Waals surface area contributed by atoms with E-state index in [1.54, 1.807) is 13.0 Å². The number of aliphatic hydroxyl groups excluding tert-OH is 7. The first-order chi connectivity index (χ1) is 28.5. The van der Waals surface area contributed by atoms with Crippen LogP contribution < -0.4 is 21.9 Å². The van der Waals surface area contributed by atoms with E-state index in [1.165, 1.54) is 44.6 Å². The van der Waals surface area contributed by atoms with E-state index in [9.17, 15) is 54.9 Å². The van der Waals surface area contributed by atoms with Gasteiger partial charge in [-0.3, -0.25) is 23.9 Å². The van der Waals surface area contributed by atoms with Gasteiger partial charge in [0.2, 0.25) is 11.8 Å². The first kappa shape index (κ1) is 49.6. The number of unbranched alkanes of at least 4 members (excludes halogenated alkanes) is 9. The maximum absolute atomic E-state index is 13.2. The lowest BCUT2D eigenvalue weighted by Gasteiger charge is -2.47. The van der Waals surface area contributed by atoms with Gasteiger partial charge in [-0.25, -0.2) is 4.79 Å². The number of rotatable bonds is 22. The number of nitrogens with zero attached hydrogens (tertiary/aromatic N) is 1. The van der Waals surface area contributed by atoms with Crippen LogP contribution in [0.1, 0.15) is 111 Å². The van der Waals surface area contributed by atoms with Crippen LogP contribution >= 0.6 is 0 Å². The summed E-state index contributed by atoms with van der Waals surface area (Å²) in [6, 6.07) is -1.82. The minimum Gasteiger partial charge on any atom is -0.394 e. The summed E-state index contributed by atoms with van der Waals surface area (Å²) in [5.41, 5.74) is -1.55. The van der Waals surface area contributed by atoms with Crippen LogP contribution in [0, 0.1) is 11.8 Å². The molecule has 3 fully saturated rings. The van der Waals surface area contributed by atoms with Crippen molar-refractivity contribution in [1.29, 1.82) is 0 Å². The van der Waals surface area contributed by atoms with Crippen molar-refractivity contribution in [3.63, 3.8) is 0 Å². The largest absolute Gasteiger partial charge is 0.394 e. The number of aliphatic hydroxyl groups is 7. The number of hydrogen-bond acceptors (Lipinski definition) is 15. The molecule has 3 aliphatic rings. The molecule has 60 heavy (non-hydrogen) atoms. The van der Waals surface area contributed by atoms with Gasteiger partial charge in [-0.1, -0.05) is 84.6 Å². The van der Waals surface area contributed by atoms with E-state index in [2.05, 4.69) is 29.5 Å². The van der Waals surface area contributed by atoms with E-state index in [1.807, 2.05) is 0 Å². The monoisotopic (exact) mass is 856 g/mol. The molecule has 0 spiro atoms. The van der Waals surface area contributed by atoms with Gasteiger partial charge in [-0.05, 0) is 37.2 Å². The van der Waals surface area contributed by atoms with Crippen LogP contribution in [-0.4, -0.2) is 143 Å². The summed E-state index contributed by atoms with van der Waals surface area (Å²) in [7, 11) is 0. The first-order valence-electron chi connectivity index (χ1n) is 21.4. The minimum absolute atomic E-state index is 0.153. The zero-order valence-corrected chi connectivity index (χ0v) is 35.1. The number of nitrogens with one attached hydrogen (secondary N) is 3. The summed E-state index contributed by atoms with van der Waals surface area (Å²) >= 11 is 0. The predicted octanol–water partition coefficient (Wildman–Crippen LogP) is -0.423. The number of ether oxygens (including phenoxy) is 4. The maximum Gasteiger partial charge on any atom is 0.330 e. The van der Waals surface area contributed by atoms with E-state index < -0.39 is 121 Å². The van der Waals surface area contributed by atoms with Gasteiger partial charge in [0.05, 0.1) is 18.8 Å². The zero-order chi connectivity index (χ0) is 44.1. The van der Waals surface area contributed by atoms with Crippen molar-refractivity contribution in [1.82, 2.24) is 20.2 Å². The third kappa shape index (κ3) is 13.7. The second-order valence-corrected chi connectivity index (χ2v) is 16.9. The Morgan fingerprint density at radius 3 is 1.93 bits per heavy atom. The third-order valence-electron chi connectivity index (χ3n) is 11.5. The Bertz CT molecular complexity index is 1620. The molecule has 0 radical (unpaired) electrons. The van der Waals surface area contributed by atoms with Gasteiger partial charge in [-0.2, -0.15) is 0 Å². The van der Waals surface area contributed by atoms with Crippen molar-refractivity contribution >= 4 is 11.8 Å². The standard InChI is InChI=1S/C41H68N4O15/c1-22(2)16-14-12-10-8-6-5-7-9-11-13-15-17-27(48)43-30-34(53)31(50)25(57-40(30)60-39-29(42-24(4)47)33(52)32(51)26(21-46)58-39)20-23(3)37-35(54)36(55)38(59-37)45-19-18-28(49)44-41(45)56/h15,17-19,22-23,25-26,29-40,46,50-55H,5-14,16,20-21H2,1-4H3,(H,42,47)(H,43,48)(H,44,49,56)/b17-15+/t23-,25-,26+,29-,30-,31+,32+,33-,34-,35+,36-,37-,38-,39+,40+/m1/s1. The minimum atomic E-state index is -1.74. The van der Waals surface area contributed by atoms with Crippen molar-refractivity contribution < 1.29 is 64.3 Å². The van der Waals surface area contributed by atoms with Crippen LogP contribution in [0.2, 0.25) is 0 Å². The summed E-state index contributed by atoms with van der Waals surface area (Å²) in [4.78, 5) is 51.4. The molecule has 0 aliphatic carbocycles. The van der Waals surface area contributed by atoms with Crippen LogP contribution in [0.25, 0.3) is 0 Å². The van der Waals surface area contributed by atoms with E-state index in [-0.39, 0.29) is 6.42 Å². The van der Waals surface area contributed by atoms with Crippen molar-refractivity contribution in [3.8, 4) is 0 Å². The highest BCUT2D eigenvalue weighted by Gasteiger charge is 2.53. The number of carbonyl (C=O) groups is 2. The predicted molar refractivity (Wildman–Crippen MR) is 215 cm³/mol. The van der Waals surface area contributed by atoms with E-state index in [0.29, 0.717) is 6.42 Å². The number of H-pyrrole nitrogens is 1. The highest BCUT2D eigenvalue weighted by atomic mass is 16.8. The highest BCUT2D eigenvalue weighted by Crippen LogP contribution is 2.37. The summed E-state index contributed by atoms with van der Waals surface area (Å²) in [6.07, 6.45) is -1.98. The fourth-order valence-corrected chi connectivity index (χ4v) is 8.08. The van der Waals surface area contributed by atoms with Crippen molar-refractivity contribution in [2.75, 3.05) is 6.61 Å². The lowest BCUT2D eigenvalue weighted by atomic mass is 9.87. The average Bonchev–Trinajstić information content (AvgIpc) is 3.49. The number of amides is 2. The lowest BCUT2D eigenvalue weighted by Crippen LogP contribution is -2.68. The topological polar surface area (TPSA) is 292 Å². The molecule has 342 valence electrons. The molecule has 19 heteroatoms. The lowest BCUT2D eigenvalue weighted by molar-refractivity contribution is -0.346. The summed E-state index contributed by atoms with van der Waals surface area (Å²) in [5.74, 6) is -1.26. The van der Waals surface area contributed by atoms with Crippen LogP contribution in [0.5, 0.6) is 0 Å². The molecule has 0 bridgehead atoms. The van der Waals surface area contributed by atoms with E-state index in [0.717, 1.165) is 55.4 Å². The van der Waals surface area contributed by atoms with Gasteiger partial charge in [0, 0.05) is 19.2 Å². The quantitative estimate of drug-likeness (QED) is 0.0524. The molecular formula is C41H68N4O15. The second kappa shape index (κ2) is 23.9. The Balaban J connectivity index is 1.42. The van der Waals surface area contributed by atoms with Crippen molar-refractivity contribution in [2.45, 2.75) is 191 Å². The molecule has 3 aliphatic heterocycles. The summed E-state index contributed by atoms with van der Waals surface area (Å²) in [6.45, 7) is 6.51. The van der Waals surface area contributed by atoms with Gasteiger partial charge in [0.15, 0.2) is 18.8 Å². The molecule has 15 atom stereocenters. The van der Waals surface area contributed by atoms with Crippen LogP contribution in [0.15, 0.2) is 34.0 Å². The van der Waals surface area contributed by atoms with E-state index in [4.69, 9.17) is 18.9 Å². The fourth-order valence-electron chi connectivity index (χ4n) is 8.08. The smallest absolute Gasteiger partial charge is 0.330 e. The molecular weight excluding hydrogens is 788 g/mol. The van der Waals surface area contributed by atoms with Crippen molar-refractivity contribution in [2.24, 2.45) is 11.8 Å². The van der Waals surface area contributed by atoms with Crippen LogP contribution in [0.4, 0.5) is 0 Å². The number of aromatic amines is 1. The fraction of sp³-hybridized carbons (Fsp3) is 0.805. The van der Waals surface area contributed by atoms with E-state index >= 15 is 0 Å². The normalized spacial score (nSPS) is 33.9. The Hall–Kier alpha value is -3.08. The molecule has 4 heterocycles. The van der Waals surface area contributed by atoms with Gasteiger partial charge in [0.25, 0.3) is 5.56 Å². The summed E-state index contributed by atoms with van der Waals surface area (Å²) < 4.78 is 24.8. The number of carbonyl (C=O) groups excluding carboxylic acids is 2. The van der Waals surface area contributed by atoms with Gasteiger partial charge < -0.3 is 65.3 Å². The summed E-state index contributed by atoms with van der Waals surface area (Å²) in [5, 5.41) is 80.9. The molecule has 0 unspecified atom stereocenters.